The highest BCUT2D eigenvalue weighted by Gasteiger charge is 2.23. The summed E-state index contributed by atoms with van der Waals surface area (Å²) in [7, 11) is 2.11. The quantitative estimate of drug-likeness (QED) is 0.853. The minimum absolute atomic E-state index is 0.0677. The van der Waals surface area contributed by atoms with Gasteiger partial charge in [0.25, 0.3) is 5.56 Å². The van der Waals surface area contributed by atoms with Crippen LogP contribution in [0.2, 0.25) is 0 Å². The van der Waals surface area contributed by atoms with E-state index in [9.17, 15) is 9.18 Å². The van der Waals surface area contributed by atoms with Gasteiger partial charge in [0.05, 0.1) is 0 Å². The summed E-state index contributed by atoms with van der Waals surface area (Å²) in [6.45, 7) is 6.49. The maximum Gasteiger partial charge on any atom is 0.257 e. The molecule has 1 aliphatic carbocycles. The summed E-state index contributed by atoms with van der Waals surface area (Å²) in [4.78, 5) is 16.8. The van der Waals surface area contributed by atoms with E-state index in [1.54, 1.807) is 23.8 Å². The van der Waals surface area contributed by atoms with E-state index in [-0.39, 0.29) is 12.0 Å². The predicted molar refractivity (Wildman–Crippen MR) is 91.2 cm³/mol. The van der Waals surface area contributed by atoms with Crippen molar-refractivity contribution in [3.8, 4) is 0 Å². The number of aryl methyl sites for hydroxylation is 1. The van der Waals surface area contributed by atoms with E-state index in [0.29, 0.717) is 12.1 Å². The number of pyridine rings is 1. The van der Waals surface area contributed by atoms with Gasteiger partial charge in [-0.2, -0.15) is 0 Å². The number of aromatic nitrogens is 1. The summed E-state index contributed by atoms with van der Waals surface area (Å²) in [5.41, 5.74) is 2.16. The fraction of sp³-hybridized carbons (Fsp3) is 0.500. The second-order valence-electron chi connectivity index (χ2n) is 6.52. The third-order valence-corrected chi connectivity index (χ3v) is 4.73. The molecule has 23 heavy (non-hydrogen) atoms. The third kappa shape index (κ3) is 3.62. The number of hydrogen-bond acceptors (Lipinski definition) is 3. The molecule has 1 unspecified atom stereocenters. The number of halogens is 1. The van der Waals surface area contributed by atoms with Crippen molar-refractivity contribution in [2.24, 2.45) is 0 Å². The van der Waals surface area contributed by atoms with Gasteiger partial charge in [0.15, 0.2) is 0 Å². The zero-order valence-corrected chi connectivity index (χ0v) is 13.8. The molecule has 4 nitrogen and oxygen atoms in total. The smallest absolute Gasteiger partial charge is 0.257 e. The molecule has 0 spiro atoms. The van der Waals surface area contributed by atoms with E-state index in [1.165, 1.54) is 0 Å². The Morgan fingerprint density at radius 1 is 1.22 bits per heavy atom. The zero-order valence-electron chi connectivity index (χ0n) is 13.8. The van der Waals surface area contributed by atoms with Crippen LogP contribution in [0.5, 0.6) is 0 Å². The van der Waals surface area contributed by atoms with Crippen LogP contribution in [0.4, 0.5) is 4.39 Å². The second-order valence-corrected chi connectivity index (χ2v) is 6.52. The average molecular weight is 317 g/mol. The van der Waals surface area contributed by atoms with Gasteiger partial charge in [0.2, 0.25) is 0 Å². The summed E-state index contributed by atoms with van der Waals surface area (Å²) < 4.78 is 16.1. The number of piperazine rings is 1. The van der Waals surface area contributed by atoms with E-state index in [0.717, 1.165) is 37.4 Å². The molecule has 0 bridgehead atoms. The van der Waals surface area contributed by atoms with Crippen molar-refractivity contribution in [3.63, 3.8) is 0 Å². The van der Waals surface area contributed by atoms with Crippen molar-refractivity contribution in [2.75, 3.05) is 39.8 Å². The highest BCUT2D eigenvalue weighted by atomic mass is 19.1. The first-order valence-corrected chi connectivity index (χ1v) is 8.18. The number of likely N-dealkylation sites (N-methyl/N-ethyl adjacent to an activating group) is 1. The highest BCUT2D eigenvalue weighted by Crippen LogP contribution is 2.25. The van der Waals surface area contributed by atoms with Crippen molar-refractivity contribution in [3.05, 3.63) is 52.0 Å². The normalized spacial score (nSPS) is 23.5. The van der Waals surface area contributed by atoms with E-state index in [4.69, 9.17) is 0 Å². The number of nitrogens with zero attached hydrogens (tertiary/aromatic N) is 3. The lowest BCUT2D eigenvalue weighted by molar-refractivity contribution is 0.158. The molecule has 1 fully saturated rings. The average Bonchev–Trinajstić information content (AvgIpc) is 2.54. The standard InChI is InChI=1S/C18H24FN3O/c1-14-4-3-7-22(18(14)23)16-6-5-15(17(19)12-16)13-21-10-8-20(2)9-11-21/h3-7,17H,8-13H2,1-2H3. The largest absolute Gasteiger partial charge is 0.304 e. The molecule has 1 aromatic heterocycles. The van der Waals surface area contributed by atoms with Gasteiger partial charge in [-0.05, 0) is 31.7 Å². The van der Waals surface area contributed by atoms with Gasteiger partial charge in [-0.25, -0.2) is 4.39 Å². The molecule has 0 N–H and O–H groups in total. The SMILES string of the molecule is Cc1cccn(C2=CC=C(CN3CCN(C)CC3)C(F)C2)c1=O. The molecule has 1 atom stereocenters. The van der Waals surface area contributed by atoms with Crippen LogP contribution < -0.4 is 5.56 Å². The van der Waals surface area contributed by atoms with Crippen molar-refractivity contribution in [1.82, 2.24) is 14.4 Å². The molecule has 1 aromatic rings. The molecule has 2 aliphatic rings. The maximum absolute atomic E-state index is 14.6. The number of alkyl halides is 1. The zero-order chi connectivity index (χ0) is 16.4. The van der Waals surface area contributed by atoms with Crippen LogP contribution in [0.3, 0.4) is 0 Å². The van der Waals surface area contributed by atoms with Gasteiger partial charge in [0, 0.05) is 56.6 Å². The molecular formula is C18H24FN3O. The monoisotopic (exact) mass is 317 g/mol. The van der Waals surface area contributed by atoms with E-state index >= 15 is 0 Å². The van der Waals surface area contributed by atoms with Gasteiger partial charge in [-0.15, -0.1) is 0 Å². The molecule has 0 aromatic carbocycles. The first kappa shape index (κ1) is 16.1. The first-order chi connectivity index (χ1) is 11.0. The van der Waals surface area contributed by atoms with Gasteiger partial charge in [-0.3, -0.25) is 14.3 Å². The fourth-order valence-corrected chi connectivity index (χ4v) is 3.11. The van der Waals surface area contributed by atoms with Crippen molar-refractivity contribution in [2.45, 2.75) is 19.5 Å². The molecular weight excluding hydrogens is 293 g/mol. The maximum atomic E-state index is 14.6. The molecule has 0 saturated carbocycles. The molecule has 124 valence electrons. The molecule has 2 heterocycles. The van der Waals surface area contributed by atoms with Gasteiger partial charge < -0.3 is 4.90 Å². The van der Waals surface area contributed by atoms with Gasteiger partial charge in [-0.1, -0.05) is 12.1 Å². The fourth-order valence-electron chi connectivity index (χ4n) is 3.11. The molecule has 5 heteroatoms. The molecule has 0 radical (unpaired) electrons. The molecule has 1 aliphatic heterocycles. The molecule has 3 rings (SSSR count). The Labute approximate surface area is 136 Å². The third-order valence-electron chi connectivity index (χ3n) is 4.73. The van der Waals surface area contributed by atoms with Gasteiger partial charge in [0.1, 0.15) is 6.17 Å². The van der Waals surface area contributed by atoms with E-state index < -0.39 is 6.17 Å². The Morgan fingerprint density at radius 2 is 1.96 bits per heavy atom. The van der Waals surface area contributed by atoms with Crippen LogP contribution in [0.1, 0.15) is 12.0 Å². The minimum Gasteiger partial charge on any atom is -0.304 e. The van der Waals surface area contributed by atoms with Gasteiger partial charge >= 0.3 is 0 Å². The van der Waals surface area contributed by atoms with Crippen LogP contribution >= 0.6 is 0 Å². The minimum atomic E-state index is -1.01. The van der Waals surface area contributed by atoms with Crippen LogP contribution in [0.25, 0.3) is 5.70 Å². The Kier molecular flexibility index (Phi) is 4.78. The van der Waals surface area contributed by atoms with Crippen molar-refractivity contribution < 1.29 is 4.39 Å². The molecule has 0 amide bonds. The Balaban J connectivity index is 1.75. The van der Waals surface area contributed by atoms with Crippen LogP contribution in [-0.2, 0) is 0 Å². The van der Waals surface area contributed by atoms with Crippen LogP contribution in [0, 0.1) is 6.92 Å². The summed E-state index contributed by atoms with van der Waals surface area (Å²) in [6, 6.07) is 3.61. The molecule has 1 saturated heterocycles. The number of hydrogen-bond donors (Lipinski definition) is 0. The van der Waals surface area contributed by atoms with E-state index in [2.05, 4.69) is 16.8 Å². The lowest BCUT2D eigenvalue weighted by atomic mass is 9.99. The Bertz CT molecular complexity index is 684. The summed E-state index contributed by atoms with van der Waals surface area (Å²) in [6.07, 6.45) is 4.72. The van der Waals surface area contributed by atoms with E-state index in [1.807, 2.05) is 18.2 Å². The first-order valence-electron chi connectivity index (χ1n) is 8.18. The summed E-state index contributed by atoms with van der Waals surface area (Å²) in [5, 5.41) is 0. The number of allylic oxidation sites excluding steroid dienone is 3. The lowest BCUT2D eigenvalue weighted by Crippen LogP contribution is -2.45. The Morgan fingerprint density at radius 3 is 2.65 bits per heavy atom. The predicted octanol–water partition coefficient (Wildman–Crippen LogP) is 1.91. The second kappa shape index (κ2) is 6.81. The summed E-state index contributed by atoms with van der Waals surface area (Å²) >= 11 is 0. The van der Waals surface area contributed by atoms with Crippen molar-refractivity contribution in [1.29, 1.82) is 0 Å². The highest BCUT2D eigenvalue weighted by molar-refractivity contribution is 5.53. The Hall–Kier alpha value is -1.72. The topological polar surface area (TPSA) is 28.5 Å². The van der Waals surface area contributed by atoms with Crippen molar-refractivity contribution >= 4 is 5.70 Å². The van der Waals surface area contributed by atoms with Crippen LogP contribution in [-0.4, -0.2) is 60.3 Å². The van der Waals surface area contributed by atoms with Crippen LogP contribution in [0.15, 0.2) is 40.8 Å². The lowest BCUT2D eigenvalue weighted by Gasteiger charge is -2.34. The summed E-state index contributed by atoms with van der Waals surface area (Å²) in [5.74, 6) is 0. The number of rotatable bonds is 3.